The van der Waals surface area contributed by atoms with Gasteiger partial charge in [0.15, 0.2) is 0 Å². The number of rotatable bonds is 6. The molecule has 2 aromatic rings. The summed E-state index contributed by atoms with van der Waals surface area (Å²) in [5.74, 6) is -0.530. The van der Waals surface area contributed by atoms with Gasteiger partial charge in [0.05, 0.1) is 16.9 Å². The summed E-state index contributed by atoms with van der Waals surface area (Å²) in [4.78, 5) is 11.7. The first-order valence-electron chi connectivity index (χ1n) is 6.82. The Hall–Kier alpha value is -2.03. The molecule has 126 valence electrons. The van der Waals surface area contributed by atoms with Crippen LogP contribution in [0.1, 0.15) is 17.8 Å². The zero-order valence-electron chi connectivity index (χ0n) is 12.3. The summed E-state index contributed by atoms with van der Waals surface area (Å²) in [6.07, 6.45) is -0.820. The molecule has 23 heavy (non-hydrogen) atoms. The molecule has 0 spiro atoms. The predicted octanol–water partition coefficient (Wildman–Crippen LogP) is 2.27. The van der Waals surface area contributed by atoms with Crippen molar-refractivity contribution in [2.24, 2.45) is 0 Å². The fraction of sp³-hybridized carbons (Fsp3) is 0.462. The number of aryl methyl sites for hydroxylation is 2. The van der Waals surface area contributed by atoms with Gasteiger partial charge in [0.1, 0.15) is 12.2 Å². The van der Waals surface area contributed by atoms with E-state index in [-0.39, 0.29) is 5.69 Å². The second-order valence-corrected chi connectivity index (χ2v) is 5.39. The normalized spacial score (nSPS) is 11.7. The van der Waals surface area contributed by atoms with Gasteiger partial charge in [0.2, 0.25) is 5.91 Å². The van der Waals surface area contributed by atoms with E-state index >= 15 is 0 Å². The molecule has 0 unspecified atom stereocenters. The lowest BCUT2D eigenvalue weighted by Crippen LogP contribution is -2.31. The highest BCUT2D eigenvalue weighted by atomic mass is 35.5. The number of carbonyl (C=O) groups is 1. The molecule has 2 aromatic heterocycles. The molecule has 0 saturated carbocycles. The van der Waals surface area contributed by atoms with Crippen LogP contribution in [-0.2, 0) is 24.1 Å². The SMILES string of the molecule is Cc1cc(C(F)(F)F)n(CC(=O)NCCCn2cc(Cl)cn2)n1. The monoisotopic (exact) mass is 349 g/mol. The molecule has 6 nitrogen and oxygen atoms in total. The molecule has 2 rings (SSSR count). The van der Waals surface area contributed by atoms with E-state index in [4.69, 9.17) is 11.6 Å². The van der Waals surface area contributed by atoms with Gasteiger partial charge in [-0.05, 0) is 19.4 Å². The molecule has 0 saturated heterocycles. The minimum absolute atomic E-state index is 0.209. The van der Waals surface area contributed by atoms with E-state index in [1.54, 1.807) is 10.9 Å². The summed E-state index contributed by atoms with van der Waals surface area (Å²) >= 11 is 5.71. The van der Waals surface area contributed by atoms with Crippen LogP contribution >= 0.6 is 11.6 Å². The van der Waals surface area contributed by atoms with Gasteiger partial charge >= 0.3 is 6.18 Å². The number of nitrogens with one attached hydrogen (secondary N) is 1. The van der Waals surface area contributed by atoms with Gasteiger partial charge in [-0.15, -0.1) is 0 Å². The van der Waals surface area contributed by atoms with E-state index in [1.165, 1.54) is 13.1 Å². The van der Waals surface area contributed by atoms with Crippen molar-refractivity contribution in [1.29, 1.82) is 0 Å². The van der Waals surface area contributed by atoms with Crippen LogP contribution < -0.4 is 5.32 Å². The first-order chi connectivity index (χ1) is 10.8. The molecule has 0 atom stereocenters. The Morgan fingerprint density at radius 3 is 2.78 bits per heavy atom. The predicted molar refractivity (Wildman–Crippen MR) is 76.8 cm³/mol. The van der Waals surface area contributed by atoms with Crippen LogP contribution in [0.5, 0.6) is 0 Å². The first kappa shape index (κ1) is 17.3. The third-order valence-corrected chi connectivity index (χ3v) is 3.17. The maximum Gasteiger partial charge on any atom is 0.433 e. The highest BCUT2D eigenvalue weighted by Crippen LogP contribution is 2.29. The number of hydrogen-bond acceptors (Lipinski definition) is 3. The lowest BCUT2D eigenvalue weighted by molar-refractivity contribution is -0.144. The van der Waals surface area contributed by atoms with Gasteiger partial charge < -0.3 is 5.32 Å². The summed E-state index contributed by atoms with van der Waals surface area (Å²) in [6.45, 7) is 1.83. The largest absolute Gasteiger partial charge is 0.433 e. The maximum atomic E-state index is 12.8. The summed E-state index contributed by atoms with van der Waals surface area (Å²) in [5.41, 5.74) is -0.725. The molecular weight excluding hydrogens is 335 g/mol. The van der Waals surface area contributed by atoms with E-state index in [1.807, 2.05) is 0 Å². The van der Waals surface area contributed by atoms with Crippen molar-refractivity contribution >= 4 is 17.5 Å². The van der Waals surface area contributed by atoms with E-state index < -0.39 is 24.3 Å². The molecule has 2 heterocycles. The zero-order valence-corrected chi connectivity index (χ0v) is 13.0. The lowest BCUT2D eigenvalue weighted by Gasteiger charge is -2.10. The van der Waals surface area contributed by atoms with Crippen LogP contribution in [0.25, 0.3) is 0 Å². The molecule has 0 bridgehead atoms. The standard InChI is InChI=1S/C13H15ClF3N5O/c1-9-5-11(13(15,16)17)22(20-9)8-12(23)18-3-2-4-21-7-10(14)6-19-21/h5-7H,2-4,8H2,1H3,(H,18,23). The van der Waals surface area contributed by atoms with Gasteiger partial charge in [-0.25, -0.2) is 0 Å². The average Bonchev–Trinajstić information content (AvgIpc) is 3.00. The number of halogens is 4. The molecule has 0 aliphatic rings. The van der Waals surface area contributed by atoms with Gasteiger partial charge in [-0.1, -0.05) is 11.6 Å². The van der Waals surface area contributed by atoms with Crippen molar-refractivity contribution in [2.45, 2.75) is 32.6 Å². The number of aromatic nitrogens is 4. The Balaban J connectivity index is 1.81. The van der Waals surface area contributed by atoms with Gasteiger partial charge in [0.25, 0.3) is 0 Å². The number of alkyl halides is 3. The van der Waals surface area contributed by atoms with Crippen molar-refractivity contribution in [3.63, 3.8) is 0 Å². The van der Waals surface area contributed by atoms with Crippen molar-refractivity contribution < 1.29 is 18.0 Å². The van der Waals surface area contributed by atoms with E-state index in [9.17, 15) is 18.0 Å². The van der Waals surface area contributed by atoms with Crippen LogP contribution in [0.4, 0.5) is 13.2 Å². The lowest BCUT2D eigenvalue weighted by atomic mass is 10.3. The summed E-state index contributed by atoms with van der Waals surface area (Å²) in [7, 11) is 0. The van der Waals surface area contributed by atoms with Crippen LogP contribution in [0.15, 0.2) is 18.5 Å². The summed E-state index contributed by atoms with van der Waals surface area (Å²) in [5, 5.41) is 10.7. The van der Waals surface area contributed by atoms with Crippen molar-refractivity contribution in [1.82, 2.24) is 24.9 Å². The van der Waals surface area contributed by atoms with Gasteiger partial charge in [0, 0.05) is 19.3 Å². The molecule has 1 N–H and O–H groups in total. The minimum atomic E-state index is -4.54. The number of nitrogens with zero attached hydrogens (tertiary/aromatic N) is 4. The van der Waals surface area contributed by atoms with Crippen molar-refractivity contribution in [3.8, 4) is 0 Å². The van der Waals surface area contributed by atoms with Gasteiger partial charge in [-0.3, -0.25) is 14.2 Å². The van der Waals surface area contributed by atoms with Gasteiger partial charge in [-0.2, -0.15) is 23.4 Å². The van der Waals surface area contributed by atoms with Crippen molar-refractivity contribution in [3.05, 3.63) is 34.9 Å². The fourth-order valence-electron chi connectivity index (χ4n) is 2.02. The smallest absolute Gasteiger partial charge is 0.354 e. The molecule has 0 aliphatic heterocycles. The Labute approximate surface area is 135 Å². The third-order valence-electron chi connectivity index (χ3n) is 2.97. The minimum Gasteiger partial charge on any atom is -0.354 e. The Kier molecular flexibility index (Phi) is 5.30. The maximum absolute atomic E-state index is 12.8. The second kappa shape index (κ2) is 7.03. The zero-order chi connectivity index (χ0) is 17.0. The molecular formula is C13H15ClF3N5O. The molecule has 1 amide bonds. The second-order valence-electron chi connectivity index (χ2n) is 4.95. The molecule has 0 aromatic carbocycles. The Bertz CT molecular complexity index is 679. The van der Waals surface area contributed by atoms with Crippen LogP contribution in [0.2, 0.25) is 5.02 Å². The molecule has 0 aliphatic carbocycles. The van der Waals surface area contributed by atoms with Crippen LogP contribution in [0.3, 0.4) is 0 Å². The highest BCUT2D eigenvalue weighted by Gasteiger charge is 2.35. The van der Waals surface area contributed by atoms with E-state index in [0.29, 0.717) is 29.2 Å². The number of amides is 1. The molecule has 0 radical (unpaired) electrons. The fourth-order valence-corrected chi connectivity index (χ4v) is 2.17. The number of hydrogen-bond donors (Lipinski definition) is 1. The van der Waals surface area contributed by atoms with Crippen molar-refractivity contribution in [2.75, 3.05) is 6.54 Å². The summed E-state index contributed by atoms with van der Waals surface area (Å²) in [6, 6.07) is 0.911. The highest BCUT2D eigenvalue weighted by molar-refractivity contribution is 6.30. The molecule has 10 heteroatoms. The van der Waals surface area contributed by atoms with E-state index in [0.717, 1.165) is 6.07 Å². The third kappa shape index (κ3) is 4.98. The van der Waals surface area contributed by atoms with Crippen LogP contribution in [0, 0.1) is 6.92 Å². The quantitative estimate of drug-likeness (QED) is 0.814. The first-order valence-corrected chi connectivity index (χ1v) is 7.20. The van der Waals surface area contributed by atoms with E-state index in [2.05, 4.69) is 15.5 Å². The topological polar surface area (TPSA) is 64.7 Å². The summed E-state index contributed by atoms with van der Waals surface area (Å²) < 4.78 is 40.7. The Morgan fingerprint density at radius 1 is 1.43 bits per heavy atom. The number of carbonyl (C=O) groups excluding carboxylic acids is 1. The molecule has 0 fully saturated rings. The average molecular weight is 350 g/mol. The Morgan fingerprint density at radius 2 is 2.17 bits per heavy atom. The van der Waals surface area contributed by atoms with Crippen LogP contribution in [-0.4, -0.2) is 32.0 Å².